The molecule has 0 radical (unpaired) electrons. The van der Waals surface area contributed by atoms with E-state index in [1.54, 1.807) is 0 Å². The van der Waals surface area contributed by atoms with Crippen molar-refractivity contribution in [1.29, 1.82) is 0 Å². The highest BCUT2D eigenvalue weighted by atomic mass is 79.9. The Balaban J connectivity index is 2.84. The molecule has 0 aliphatic rings. The lowest BCUT2D eigenvalue weighted by Gasteiger charge is -2.22. The first-order valence-electron chi connectivity index (χ1n) is 4.73. The van der Waals surface area contributed by atoms with E-state index in [4.69, 9.17) is 11.6 Å². The highest BCUT2D eigenvalue weighted by Gasteiger charge is 2.22. The van der Waals surface area contributed by atoms with Crippen LogP contribution in [-0.4, -0.2) is 10.2 Å². The van der Waals surface area contributed by atoms with Gasteiger partial charge in [0.1, 0.15) is 0 Å². The third kappa shape index (κ3) is 1.79. The average molecular weight is 288 g/mol. The van der Waals surface area contributed by atoms with Crippen molar-refractivity contribution in [2.24, 2.45) is 0 Å². The first-order valence-corrected chi connectivity index (χ1v) is 5.90. The second-order valence-electron chi connectivity index (χ2n) is 4.63. The van der Waals surface area contributed by atoms with Crippen LogP contribution in [0.25, 0.3) is 10.9 Å². The number of nitrogens with one attached hydrogen (secondary N) is 1. The van der Waals surface area contributed by atoms with E-state index in [1.165, 1.54) is 0 Å². The van der Waals surface area contributed by atoms with Gasteiger partial charge in [-0.2, -0.15) is 5.10 Å². The molecule has 2 rings (SSSR count). The number of hydrogen-bond donors (Lipinski definition) is 1. The van der Waals surface area contributed by atoms with Crippen LogP contribution < -0.4 is 0 Å². The zero-order valence-corrected chi connectivity index (χ0v) is 11.2. The zero-order chi connectivity index (χ0) is 11.2. The number of aromatic amines is 1. The van der Waals surface area contributed by atoms with Crippen molar-refractivity contribution < 1.29 is 0 Å². The fourth-order valence-corrected chi connectivity index (χ4v) is 3.43. The minimum absolute atomic E-state index is 0.0153. The van der Waals surface area contributed by atoms with E-state index < -0.39 is 0 Å². The van der Waals surface area contributed by atoms with E-state index in [2.05, 4.69) is 46.9 Å². The van der Waals surface area contributed by atoms with E-state index in [0.29, 0.717) is 0 Å². The lowest BCUT2D eigenvalue weighted by Crippen LogP contribution is -2.12. The summed E-state index contributed by atoms with van der Waals surface area (Å²) in [7, 11) is 0. The van der Waals surface area contributed by atoms with Gasteiger partial charge in [-0.05, 0) is 33.0 Å². The van der Waals surface area contributed by atoms with Crippen LogP contribution >= 0.6 is 27.5 Å². The molecule has 0 bridgehead atoms. The third-order valence-electron chi connectivity index (χ3n) is 2.38. The van der Waals surface area contributed by atoms with Gasteiger partial charge in [-0.15, -0.1) is 0 Å². The summed E-state index contributed by atoms with van der Waals surface area (Å²) >= 11 is 9.88. The van der Waals surface area contributed by atoms with Crippen LogP contribution in [-0.2, 0) is 5.41 Å². The van der Waals surface area contributed by atoms with E-state index >= 15 is 0 Å². The molecular formula is C11H12BrClN2. The summed E-state index contributed by atoms with van der Waals surface area (Å²) in [5.74, 6) is 0. The van der Waals surface area contributed by atoms with Gasteiger partial charge in [0.05, 0.1) is 11.7 Å². The van der Waals surface area contributed by atoms with Crippen LogP contribution in [0.5, 0.6) is 0 Å². The molecule has 0 spiro atoms. The summed E-state index contributed by atoms with van der Waals surface area (Å²) in [6, 6.07) is 1.93. The lowest BCUT2D eigenvalue weighted by molar-refractivity contribution is 0.588. The van der Waals surface area contributed by atoms with E-state index in [0.717, 1.165) is 26.0 Å². The normalized spacial score (nSPS) is 12.3. The number of halogens is 2. The lowest BCUT2D eigenvalue weighted by atomic mass is 9.86. The first kappa shape index (κ1) is 11.0. The number of benzene rings is 1. The SMILES string of the molecule is CC(C)(C)c1c(Cl)cc2[nH]ncc2c1Br. The molecule has 2 nitrogen and oxygen atoms in total. The van der Waals surface area contributed by atoms with Gasteiger partial charge < -0.3 is 0 Å². The summed E-state index contributed by atoms with van der Waals surface area (Å²) in [4.78, 5) is 0. The Morgan fingerprint density at radius 1 is 1.40 bits per heavy atom. The monoisotopic (exact) mass is 286 g/mol. The second-order valence-corrected chi connectivity index (χ2v) is 5.83. The largest absolute Gasteiger partial charge is 0.278 e. The molecule has 0 atom stereocenters. The van der Waals surface area contributed by atoms with Crippen molar-refractivity contribution in [3.8, 4) is 0 Å². The van der Waals surface area contributed by atoms with Crippen LogP contribution in [0.15, 0.2) is 16.7 Å². The van der Waals surface area contributed by atoms with Gasteiger partial charge in [0.15, 0.2) is 0 Å². The Kier molecular flexibility index (Phi) is 2.55. The van der Waals surface area contributed by atoms with Gasteiger partial charge in [-0.3, -0.25) is 5.10 Å². The van der Waals surface area contributed by atoms with Crippen molar-refractivity contribution >= 4 is 38.4 Å². The Bertz CT molecular complexity index is 511. The van der Waals surface area contributed by atoms with Crippen molar-refractivity contribution in [2.45, 2.75) is 26.2 Å². The Morgan fingerprint density at radius 3 is 2.67 bits per heavy atom. The molecule has 0 aliphatic heterocycles. The summed E-state index contributed by atoms with van der Waals surface area (Å²) in [6.45, 7) is 6.43. The summed E-state index contributed by atoms with van der Waals surface area (Å²) < 4.78 is 1.03. The molecule has 15 heavy (non-hydrogen) atoms. The zero-order valence-electron chi connectivity index (χ0n) is 8.86. The molecule has 1 aromatic heterocycles. The molecule has 0 fully saturated rings. The van der Waals surface area contributed by atoms with Crippen molar-refractivity contribution in [3.63, 3.8) is 0 Å². The highest BCUT2D eigenvalue weighted by Crippen LogP contribution is 2.39. The van der Waals surface area contributed by atoms with E-state index in [1.807, 2.05) is 12.3 Å². The molecular weight excluding hydrogens is 275 g/mol. The Labute approximate surface area is 102 Å². The number of rotatable bonds is 0. The number of nitrogens with zero attached hydrogens (tertiary/aromatic N) is 1. The van der Waals surface area contributed by atoms with E-state index in [-0.39, 0.29) is 5.41 Å². The highest BCUT2D eigenvalue weighted by molar-refractivity contribution is 9.10. The van der Waals surface area contributed by atoms with Gasteiger partial charge >= 0.3 is 0 Å². The predicted octanol–water partition coefficient (Wildman–Crippen LogP) is 4.28. The van der Waals surface area contributed by atoms with Crippen molar-refractivity contribution in [2.75, 3.05) is 0 Å². The maximum Gasteiger partial charge on any atom is 0.0676 e. The fraction of sp³-hybridized carbons (Fsp3) is 0.364. The van der Waals surface area contributed by atoms with Crippen LogP contribution in [0.2, 0.25) is 5.02 Å². The van der Waals surface area contributed by atoms with Crippen LogP contribution in [0.3, 0.4) is 0 Å². The second kappa shape index (κ2) is 3.49. The number of H-pyrrole nitrogens is 1. The molecule has 4 heteroatoms. The standard InChI is InChI=1S/C11H12BrClN2/c1-11(2,3)9-7(13)4-8-6(10(9)12)5-14-15-8/h4-5H,1-3H3,(H,14,15). The molecule has 0 aliphatic carbocycles. The van der Waals surface area contributed by atoms with Crippen molar-refractivity contribution in [1.82, 2.24) is 10.2 Å². The first-order chi connectivity index (χ1) is 6.91. The summed E-state index contributed by atoms with van der Waals surface area (Å²) in [5, 5.41) is 8.77. The van der Waals surface area contributed by atoms with Crippen molar-refractivity contribution in [3.05, 3.63) is 27.3 Å². The van der Waals surface area contributed by atoms with E-state index in [9.17, 15) is 0 Å². The minimum Gasteiger partial charge on any atom is -0.278 e. The van der Waals surface area contributed by atoms with Crippen LogP contribution in [0, 0.1) is 0 Å². The number of fused-ring (bicyclic) bond motifs is 1. The molecule has 1 aromatic carbocycles. The molecule has 2 aromatic rings. The number of hydrogen-bond acceptors (Lipinski definition) is 1. The third-order valence-corrected chi connectivity index (χ3v) is 3.51. The van der Waals surface area contributed by atoms with Crippen LogP contribution in [0.1, 0.15) is 26.3 Å². The molecule has 0 unspecified atom stereocenters. The molecule has 0 saturated carbocycles. The molecule has 0 saturated heterocycles. The molecule has 1 heterocycles. The Hall–Kier alpha value is -0.540. The van der Waals surface area contributed by atoms with Gasteiger partial charge in [0.2, 0.25) is 0 Å². The van der Waals surface area contributed by atoms with Crippen LogP contribution in [0.4, 0.5) is 0 Å². The summed E-state index contributed by atoms with van der Waals surface area (Å²) in [5.41, 5.74) is 2.10. The Morgan fingerprint density at radius 2 is 2.07 bits per heavy atom. The van der Waals surface area contributed by atoms with Gasteiger partial charge in [-0.25, -0.2) is 0 Å². The number of aromatic nitrogens is 2. The topological polar surface area (TPSA) is 28.7 Å². The average Bonchev–Trinajstić information content (AvgIpc) is 2.48. The maximum atomic E-state index is 6.27. The predicted molar refractivity (Wildman–Crippen MR) is 67.5 cm³/mol. The molecule has 80 valence electrons. The summed E-state index contributed by atoms with van der Waals surface area (Å²) in [6.07, 6.45) is 1.81. The van der Waals surface area contributed by atoms with Gasteiger partial charge in [0.25, 0.3) is 0 Å². The minimum atomic E-state index is 0.0153. The fourth-order valence-electron chi connectivity index (χ4n) is 1.71. The van der Waals surface area contributed by atoms with Gasteiger partial charge in [0, 0.05) is 14.9 Å². The molecule has 1 N–H and O–H groups in total. The smallest absolute Gasteiger partial charge is 0.0676 e. The van der Waals surface area contributed by atoms with Gasteiger partial charge in [-0.1, -0.05) is 32.4 Å². The quantitative estimate of drug-likeness (QED) is 0.770. The molecule has 0 amide bonds. The maximum absolute atomic E-state index is 6.27.